The van der Waals surface area contributed by atoms with Crippen molar-refractivity contribution in [3.8, 4) is 0 Å². The van der Waals surface area contributed by atoms with Crippen molar-refractivity contribution in [3.05, 3.63) is 71.8 Å². The molecule has 144 valence electrons. The summed E-state index contributed by atoms with van der Waals surface area (Å²) in [6, 6.07) is 17.5. The monoisotopic (exact) mass is 391 g/mol. The fraction of sp³-hybridized carbons (Fsp3) is 0.300. The number of carbonyl (C=O) groups is 2. The molecule has 27 heavy (non-hydrogen) atoms. The molecule has 0 bridgehead atoms. The molecule has 3 rings (SSSR count). The van der Waals surface area contributed by atoms with Gasteiger partial charge in [-0.2, -0.15) is 0 Å². The van der Waals surface area contributed by atoms with Crippen LogP contribution < -0.4 is 0 Å². The van der Waals surface area contributed by atoms with Crippen LogP contribution in [0.1, 0.15) is 17.5 Å². The van der Waals surface area contributed by atoms with Gasteiger partial charge >= 0.3 is 12.1 Å². The summed E-state index contributed by atoms with van der Waals surface area (Å²) >= 11 is 0. The minimum atomic E-state index is -1.04. The van der Waals surface area contributed by atoms with E-state index < -0.39 is 24.2 Å². The summed E-state index contributed by atoms with van der Waals surface area (Å²) in [6.45, 7) is 0.452. The zero-order chi connectivity index (χ0) is 18.4. The second kappa shape index (κ2) is 9.94. The van der Waals surface area contributed by atoms with Gasteiger partial charge < -0.3 is 14.6 Å². The van der Waals surface area contributed by atoms with Gasteiger partial charge in [-0.1, -0.05) is 60.7 Å². The van der Waals surface area contributed by atoms with Gasteiger partial charge in [0, 0.05) is 6.54 Å². The molecule has 1 fully saturated rings. The third-order valence-electron chi connectivity index (χ3n) is 4.27. The maximum atomic E-state index is 12.4. The summed E-state index contributed by atoms with van der Waals surface area (Å²) in [5.41, 5.74) is 1.69. The Hall–Kier alpha value is -2.57. The van der Waals surface area contributed by atoms with Crippen molar-refractivity contribution >= 4 is 24.5 Å². The molecule has 1 N–H and O–H groups in total. The minimum absolute atomic E-state index is 0. The van der Waals surface area contributed by atoms with Crippen molar-refractivity contribution in [1.29, 1.82) is 0 Å². The van der Waals surface area contributed by atoms with Crippen LogP contribution in [0.15, 0.2) is 60.7 Å². The van der Waals surface area contributed by atoms with E-state index in [1.165, 1.54) is 4.90 Å². The van der Waals surface area contributed by atoms with Crippen LogP contribution in [0.2, 0.25) is 0 Å². The summed E-state index contributed by atoms with van der Waals surface area (Å²) in [7, 11) is 0. The molecule has 6 nitrogen and oxygen atoms in total. The first-order valence-corrected chi connectivity index (χ1v) is 8.51. The van der Waals surface area contributed by atoms with E-state index in [2.05, 4.69) is 0 Å². The highest BCUT2D eigenvalue weighted by atomic mass is 35.5. The number of halogens is 1. The number of hydrogen-bond donors (Lipinski definition) is 1. The summed E-state index contributed by atoms with van der Waals surface area (Å²) in [5.74, 6) is -0.629. The Morgan fingerprint density at radius 1 is 0.926 bits per heavy atom. The Kier molecular flexibility index (Phi) is 7.64. The number of amides is 1. The van der Waals surface area contributed by atoms with Gasteiger partial charge in [-0.15, -0.1) is 12.4 Å². The molecule has 2 aromatic rings. The first-order valence-electron chi connectivity index (χ1n) is 8.51. The predicted octanol–water partition coefficient (Wildman–Crippen LogP) is 2.92. The Morgan fingerprint density at radius 3 is 2.00 bits per heavy atom. The second-order valence-electron chi connectivity index (χ2n) is 6.13. The Labute approximate surface area is 164 Å². The van der Waals surface area contributed by atoms with E-state index in [1.54, 1.807) is 0 Å². The van der Waals surface area contributed by atoms with E-state index in [-0.39, 0.29) is 32.2 Å². The standard InChI is InChI=1S/C20H21NO5.ClH/c22-17-11-12-21(20(24)26-14-16-9-5-2-6-10-16)18(17)19(23)25-13-15-7-3-1-4-8-15;/h1-10,17-18,22H,11-14H2;1H/t17?,18-;/m0./s1. The van der Waals surface area contributed by atoms with Gasteiger partial charge in [-0.05, 0) is 17.5 Å². The topological polar surface area (TPSA) is 76.1 Å². The highest BCUT2D eigenvalue weighted by Crippen LogP contribution is 2.21. The molecule has 1 heterocycles. The number of rotatable bonds is 5. The predicted molar refractivity (Wildman–Crippen MR) is 101 cm³/mol. The lowest BCUT2D eigenvalue weighted by Gasteiger charge is -2.24. The summed E-state index contributed by atoms with van der Waals surface area (Å²) in [4.78, 5) is 26.0. The normalized spacial score (nSPS) is 18.5. The van der Waals surface area contributed by atoms with Crippen molar-refractivity contribution in [2.75, 3.05) is 6.54 Å². The van der Waals surface area contributed by atoms with Crippen LogP contribution in [-0.2, 0) is 27.5 Å². The van der Waals surface area contributed by atoms with Gasteiger partial charge in [0.15, 0.2) is 6.04 Å². The van der Waals surface area contributed by atoms with E-state index in [9.17, 15) is 14.7 Å². The van der Waals surface area contributed by atoms with Crippen LogP contribution in [-0.4, -0.2) is 40.8 Å². The Bertz CT molecular complexity index is 741. The lowest BCUT2D eigenvalue weighted by molar-refractivity contribution is -0.152. The van der Waals surface area contributed by atoms with E-state index in [0.717, 1.165) is 11.1 Å². The molecule has 0 aromatic heterocycles. The lowest BCUT2D eigenvalue weighted by atomic mass is 10.2. The van der Waals surface area contributed by atoms with E-state index in [1.807, 2.05) is 60.7 Å². The van der Waals surface area contributed by atoms with Crippen LogP contribution in [0.5, 0.6) is 0 Å². The minimum Gasteiger partial charge on any atom is -0.459 e. The Morgan fingerprint density at radius 2 is 1.44 bits per heavy atom. The van der Waals surface area contributed by atoms with Gasteiger partial charge in [0.25, 0.3) is 0 Å². The quantitative estimate of drug-likeness (QED) is 0.793. The fourth-order valence-electron chi connectivity index (χ4n) is 2.88. The van der Waals surface area contributed by atoms with Gasteiger partial charge in [-0.3, -0.25) is 4.90 Å². The molecule has 1 amide bonds. The highest BCUT2D eigenvalue weighted by Gasteiger charge is 2.43. The zero-order valence-corrected chi connectivity index (χ0v) is 15.5. The first-order chi connectivity index (χ1) is 12.6. The number of benzene rings is 2. The fourth-order valence-corrected chi connectivity index (χ4v) is 2.88. The molecule has 2 aromatic carbocycles. The molecule has 1 aliphatic rings. The number of likely N-dealkylation sites (tertiary alicyclic amines) is 1. The smallest absolute Gasteiger partial charge is 0.410 e. The van der Waals surface area contributed by atoms with E-state index in [4.69, 9.17) is 9.47 Å². The molecule has 1 saturated heterocycles. The molecule has 7 heteroatoms. The van der Waals surface area contributed by atoms with Crippen LogP contribution >= 0.6 is 12.4 Å². The van der Waals surface area contributed by atoms with E-state index >= 15 is 0 Å². The number of aliphatic hydroxyl groups excluding tert-OH is 1. The van der Waals surface area contributed by atoms with Crippen LogP contribution in [0.3, 0.4) is 0 Å². The van der Waals surface area contributed by atoms with Crippen LogP contribution in [0.4, 0.5) is 4.79 Å². The van der Waals surface area contributed by atoms with Crippen molar-refractivity contribution in [3.63, 3.8) is 0 Å². The molecule has 0 radical (unpaired) electrons. The molecular weight excluding hydrogens is 370 g/mol. The third kappa shape index (κ3) is 5.45. The molecular formula is C20H22ClNO5. The molecule has 1 aliphatic heterocycles. The van der Waals surface area contributed by atoms with Crippen LogP contribution in [0, 0.1) is 0 Å². The highest BCUT2D eigenvalue weighted by molar-refractivity contribution is 5.85. The largest absolute Gasteiger partial charge is 0.459 e. The summed E-state index contributed by atoms with van der Waals surface area (Å²) in [6.07, 6.45) is -1.28. The van der Waals surface area contributed by atoms with Crippen molar-refractivity contribution in [2.45, 2.75) is 31.8 Å². The SMILES string of the molecule is Cl.O=C(OCc1ccccc1)[C@@H]1C(O)CCN1C(=O)OCc1ccccc1. The number of hydrogen-bond acceptors (Lipinski definition) is 5. The van der Waals surface area contributed by atoms with Gasteiger partial charge in [0.2, 0.25) is 0 Å². The lowest BCUT2D eigenvalue weighted by Crippen LogP contribution is -2.46. The average molecular weight is 392 g/mol. The van der Waals surface area contributed by atoms with Crippen molar-refractivity contribution < 1.29 is 24.2 Å². The number of aliphatic hydroxyl groups is 1. The van der Waals surface area contributed by atoms with Gasteiger partial charge in [0.1, 0.15) is 13.2 Å². The van der Waals surface area contributed by atoms with Crippen molar-refractivity contribution in [1.82, 2.24) is 4.90 Å². The summed E-state index contributed by atoms with van der Waals surface area (Å²) < 4.78 is 10.5. The van der Waals surface area contributed by atoms with Gasteiger partial charge in [-0.25, -0.2) is 9.59 Å². The second-order valence-corrected chi connectivity index (χ2v) is 6.13. The number of ether oxygens (including phenoxy) is 2. The molecule has 2 atom stereocenters. The zero-order valence-electron chi connectivity index (χ0n) is 14.7. The summed E-state index contributed by atoms with van der Waals surface area (Å²) in [5, 5.41) is 10.1. The molecule has 0 saturated carbocycles. The maximum absolute atomic E-state index is 12.4. The number of carbonyl (C=O) groups excluding carboxylic acids is 2. The average Bonchev–Trinajstić information content (AvgIpc) is 3.07. The molecule has 1 unspecified atom stereocenters. The van der Waals surface area contributed by atoms with Crippen LogP contribution in [0.25, 0.3) is 0 Å². The van der Waals surface area contributed by atoms with Crippen molar-refractivity contribution in [2.24, 2.45) is 0 Å². The number of nitrogens with zero attached hydrogens (tertiary/aromatic N) is 1. The first kappa shape index (κ1) is 20.7. The number of esters is 1. The molecule has 0 spiro atoms. The third-order valence-corrected chi connectivity index (χ3v) is 4.27. The van der Waals surface area contributed by atoms with E-state index in [0.29, 0.717) is 6.42 Å². The van der Waals surface area contributed by atoms with Gasteiger partial charge in [0.05, 0.1) is 6.10 Å². The maximum Gasteiger partial charge on any atom is 0.410 e. The molecule has 0 aliphatic carbocycles. The Balaban J connectivity index is 0.00000261.